The summed E-state index contributed by atoms with van der Waals surface area (Å²) in [6.07, 6.45) is 0. The zero-order valence-electron chi connectivity index (χ0n) is 16.3. The first-order valence-corrected chi connectivity index (χ1v) is 8.67. The lowest BCUT2D eigenvalue weighted by atomic mass is 10.1. The third-order valence-electron chi connectivity index (χ3n) is 4.15. The minimum absolute atomic E-state index is 0.480. The van der Waals surface area contributed by atoms with Crippen LogP contribution in [0.25, 0.3) is 0 Å². The van der Waals surface area contributed by atoms with Gasteiger partial charge in [-0.2, -0.15) is 4.98 Å². The van der Waals surface area contributed by atoms with Gasteiger partial charge in [0.2, 0.25) is 5.95 Å². The molecule has 0 aliphatic rings. The molecule has 0 amide bonds. The third-order valence-corrected chi connectivity index (χ3v) is 4.15. The van der Waals surface area contributed by atoms with Crippen LogP contribution in [0, 0.1) is 20.8 Å². The molecule has 27 heavy (non-hydrogen) atoms. The van der Waals surface area contributed by atoms with Crippen molar-refractivity contribution < 1.29 is 9.47 Å². The van der Waals surface area contributed by atoms with Gasteiger partial charge in [-0.05, 0) is 44.5 Å². The van der Waals surface area contributed by atoms with E-state index in [1.54, 1.807) is 14.2 Å². The molecule has 0 saturated heterocycles. The van der Waals surface area contributed by atoms with Gasteiger partial charge in [-0.1, -0.05) is 17.7 Å². The fraction of sp³-hybridized carbons (Fsp3) is 0.238. The van der Waals surface area contributed by atoms with E-state index in [0.29, 0.717) is 11.7 Å². The van der Waals surface area contributed by atoms with Crippen LogP contribution in [-0.4, -0.2) is 24.2 Å². The largest absolute Gasteiger partial charge is 0.497 e. The molecule has 3 aromatic rings. The Labute approximate surface area is 159 Å². The fourth-order valence-corrected chi connectivity index (χ4v) is 2.81. The van der Waals surface area contributed by atoms with E-state index in [1.807, 2.05) is 31.2 Å². The molecule has 2 aromatic carbocycles. The zero-order valence-corrected chi connectivity index (χ0v) is 16.3. The highest BCUT2D eigenvalue weighted by Gasteiger charge is 2.09. The van der Waals surface area contributed by atoms with Crippen molar-refractivity contribution in [2.45, 2.75) is 20.8 Å². The third kappa shape index (κ3) is 4.47. The first-order valence-electron chi connectivity index (χ1n) is 8.67. The van der Waals surface area contributed by atoms with Crippen molar-refractivity contribution in [1.29, 1.82) is 0 Å². The van der Waals surface area contributed by atoms with Crippen molar-refractivity contribution in [3.8, 4) is 11.5 Å². The van der Waals surface area contributed by atoms with Gasteiger partial charge in [0.05, 0.1) is 19.9 Å². The molecule has 0 fully saturated rings. The van der Waals surface area contributed by atoms with Gasteiger partial charge >= 0.3 is 0 Å². The topological polar surface area (TPSA) is 68.3 Å². The van der Waals surface area contributed by atoms with Crippen molar-refractivity contribution in [2.24, 2.45) is 0 Å². The number of aromatic nitrogens is 2. The number of nitrogens with one attached hydrogen (secondary N) is 2. The Morgan fingerprint density at radius 1 is 0.778 bits per heavy atom. The zero-order chi connectivity index (χ0) is 19.4. The maximum atomic E-state index is 5.41. The van der Waals surface area contributed by atoms with Crippen LogP contribution in [0.5, 0.6) is 11.5 Å². The van der Waals surface area contributed by atoms with E-state index < -0.39 is 0 Å². The highest BCUT2D eigenvalue weighted by atomic mass is 16.5. The molecule has 0 unspecified atom stereocenters. The lowest BCUT2D eigenvalue weighted by Gasteiger charge is -2.14. The van der Waals surface area contributed by atoms with E-state index in [4.69, 9.17) is 9.47 Å². The van der Waals surface area contributed by atoms with Crippen LogP contribution in [0.1, 0.15) is 16.8 Å². The van der Waals surface area contributed by atoms with Crippen LogP contribution >= 0.6 is 0 Å². The maximum Gasteiger partial charge on any atom is 0.229 e. The van der Waals surface area contributed by atoms with Gasteiger partial charge in [0.1, 0.15) is 17.3 Å². The lowest BCUT2D eigenvalue weighted by molar-refractivity contribution is 0.405. The van der Waals surface area contributed by atoms with E-state index in [-0.39, 0.29) is 0 Å². The lowest BCUT2D eigenvalue weighted by Crippen LogP contribution is -2.04. The van der Waals surface area contributed by atoms with E-state index in [1.165, 1.54) is 5.56 Å². The monoisotopic (exact) mass is 364 g/mol. The first-order chi connectivity index (χ1) is 13.0. The highest BCUT2D eigenvalue weighted by molar-refractivity contribution is 5.67. The highest BCUT2D eigenvalue weighted by Crippen LogP contribution is 2.31. The molecule has 0 spiro atoms. The first kappa shape index (κ1) is 18.5. The Kier molecular flexibility index (Phi) is 5.45. The normalized spacial score (nSPS) is 10.4. The van der Waals surface area contributed by atoms with Crippen LogP contribution in [0.2, 0.25) is 0 Å². The Morgan fingerprint density at radius 3 is 2.30 bits per heavy atom. The molecule has 140 valence electrons. The van der Waals surface area contributed by atoms with E-state index in [0.717, 1.165) is 34.2 Å². The summed E-state index contributed by atoms with van der Waals surface area (Å²) in [5.41, 5.74) is 4.99. The van der Waals surface area contributed by atoms with Crippen molar-refractivity contribution in [3.05, 3.63) is 59.3 Å². The number of rotatable bonds is 6. The smallest absolute Gasteiger partial charge is 0.229 e. The summed E-state index contributed by atoms with van der Waals surface area (Å²) in [6.45, 7) is 6.08. The molecule has 2 N–H and O–H groups in total. The summed E-state index contributed by atoms with van der Waals surface area (Å²) in [7, 11) is 3.25. The summed E-state index contributed by atoms with van der Waals surface area (Å²) in [5, 5.41) is 6.59. The number of benzene rings is 2. The second-order valence-corrected chi connectivity index (χ2v) is 6.35. The predicted molar refractivity (Wildman–Crippen MR) is 109 cm³/mol. The number of hydrogen-bond acceptors (Lipinski definition) is 6. The van der Waals surface area contributed by atoms with E-state index in [9.17, 15) is 0 Å². The van der Waals surface area contributed by atoms with Gasteiger partial charge in [-0.25, -0.2) is 4.98 Å². The average molecular weight is 364 g/mol. The number of aryl methyl sites for hydroxylation is 3. The molecule has 0 bridgehead atoms. The molecule has 0 atom stereocenters. The molecular formula is C21H24N4O2. The van der Waals surface area contributed by atoms with Gasteiger partial charge < -0.3 is 20.1 Å². The standard InChI is InChI=1S/C21H24N4O2/c1-13-6-8-17(14(2)10-13)23-20-11-15(3)22-21(25-20)24-18-12-16(26-4)7-9-19(18)27-5/h6-12H,1-5H3,(H2,22,23,24,25). The van der Waals surface area contributed by atoms with Crippen molar-refractivity contribution in [3.63, 3.8) is 0 Å². The molecule has 6 nitrogen and oxygen atoms in total. The molecule has 1 aromatic heterocycles. The van der Waals surface area contributed by atoms with Gasteiger partial charge in [-0.3, -0.25) is 0 Å². The van der Waals surface area contributed by atoms with Gasteiger partial charge in [0, 0.05) is 23.5 Å². The summed E-state index contributed by atoms with van der Waals surface area (Å²) >= 11 is 0. The summed E-state index contributed by atoms with van der Waals surface area (Å²) in [6, 6.07) is 13.7. The minimum Gasteiger partial charge on any atom is -0.497 e. The molecule has 6 heteroatoms. The van der Waals surface area contributed by atoms with Crippen LogP contribution in [0.4, 0.5) is 23.1 Å². The SMILES string of the molecule is COc1ccc(OC)c(Nc2nc(C)cc(Nc3ccc(C)cc3C)n2)c1. The fourth-order valence-electron chi connectivity index (χ4n) is 2.81. The van der Waals surface area contributed by atoms with Gasteiger partial charge in [0.25, 0.3) is 0 Å². The molecule has 0 radical (unpaired) electrons. The summed E-state index contributed by atoms with van der Waals surface area (Å²) in [5.74, 6) is 2.61. The number of methoxy groups -OCH3 is 2. The minimum atomic E-state index is 0.480. The number of ether oxygens (including phenoxy) is 2. The molecule has 3 rings (SSSR count). The van der Waals surface area contributed by atoms with Crippen LogP contribution in [-0.2, 0) is 0 Å². The number of nitrogens with zero attached hydrogens (tertiary/aromatic N) is 2. The second-order valence-electron chi connectivity index (χ2n) is 6.35. The molecule has 0 aliphatic carbocycles. The van der Waals surface area contributed by atoms with Crippen LogP contribution in [0.3, 0.4) is 0 Å². The van der Waals surface area contributed by atoms with Crippen molar-refractivity contribution >= 4 is 23.1 Å². The Morgan fingerprint density at radius 2 is 1.59 bits per heavy atom. The average Bonchev–Trinajstić information content (AvgIpc) is 2.63. The van der Waals surface area contributed by atoms with E-state index in [2.05, 4.69) is 52.6 Å². The van der Waals surface area contributed by atoms with E-state index >= 15 is 0 Å². The van der Waals surface area contributed by atoms with Gasteiger partial charge in [-0.15, -0.1) is 0 Å². The van der Waals surface area contributed by atoms with Crippen molar-refractivity contribution in [2.75, 3.05) is 24.9 Å². The summed E-state index contributed by atoms with van der Waals surface area (Å²) in [4.78, 5) is 9.07. The molecule has 0 saturated carbocycles. The molecule has 1 heterocycles. The Hall–Kier alpha value is -3.28. The summed E-state index contributed by atoms with van der Waals surface area (Å²) < 4.78 is 10.7. The quantitative estimate of drug-likeness (QED) is 0.648. The second kappa shape index (κ2) is 7.95. The van der Waals surface area contributed by atoms with Crippen LogP contribution in [0.15, 0.2) is 42.5 Å². The number of anilines is 4. The van der Waals surface area contributed by atoms with Gasteiger partial charge in [0.15, 0.2) is 0 Å². The van der Waals surface area contributed by atoms with Crippen LogP contribution < -0.4 is 20.1 Å². The molecule has 0 aliphatic heterocycles. The Bertz CT molecular complexity index is 957. The molecular weight excluding hydrogens is 340 g/mol. The predicted octanol–water partition coefficient (Wildman–Crippen LogP) is 4.91. The van der Waals surface area contributed by atoms with Crippen molar-refractivity contribution in [1.82, 2.24) is 9.97 Å². The maximum absolute atomic E-state index is 5.41. The number of hydrogen-bond donors (Lipinski definition) is 2. The Balaban J connectivity index is 1.90.